The number of benzene rings is 1. The molecule has 0 saturated carbocycles. The van der Waals surface area contributed by atoms with E-state index in [2.05, 4.69) is 45.6 Å². The molecule has 1 N–H and O–H groups in total. The van der Waals surface area contributed by atoms with Gasteiger partial charge in [0.2, 0.25) is 5.91 Å². The van der Waals surface area contributed by atoms with Gasteiger partial charge < -0.3 is 10.2 Å². The van der Waals surface area contributed by atoms with Crippen LogP contribution in [0.3, 0.4) is 0 Å². The number of fused-ring (bicyclic) bond motifs is 2. The van der Waals surface area contributed by atoms with E-state index < -0.39 is 0 Å². The number of nitrogens with one attached hydrogen (secondary N) is 1. The Morgan fingerprint density at radius 3 is 3.03 bits per heavy atom. The standard InChI is InChI=1S/C22H20N4OS2/c1-14(27)26-9-3-2-4-15(12-26)21-11-17-18(7-8-23-22(17)29-21)25-16-5-6-20-19(10-16)24-13-28-20/h4-8,10-11,13H,2-3,9,12H2,1H3,(H,23,25). The number of thiazole rings is 1. The van der Waals surface area contributed by atoms with Crippen LogP contribution in [0.1, 0.15) is 24.6 Å². The number of carbonyl (C=O) groups is 1. The van der Waals surface area contributed by atoms with Gasteiger partial charge in [-0.05, 0) is 48.7 Å². The summed E-state index contributed by atoms with van der Waals surface area (Å²) >= 11 is 3.33. The molecule has 7 heteroatoms. The third kappa shape index (κ3) is 3.63. The van der Waals surface area contributed by atoms with Gasteiger partial charge in [0.05, 0.1) is 21.4 Å². The first-order valence-electron chi connectivity index (χ1n) is 9.61. The van der Waals surface area contributed by atoms with E-state index in [-0.39, 0.29) is 5.91 Å². The van der Waals surface area contributed by atoms with E-state index in [0.29, 0.717) is 6.54 Å². The second-order valence-corrected chi connectivity index (χ2v) is 9.08. The van der Waals surface area contributed by atoms with E-state index >= 15 is 0 Å². The van der Waals surface area contributed by atoms with E-state index in [1.807, 2.05) is 22.7 Å². The molecule has 1 aromatic carbocycles. The number of anilines is 2. The van der Waals surface area contributed by atoms with Crippen LogP contribution in [-0.4, -0.2) is 33.9 Å². The van der Waals surface area contributed by atoms with Crippen LogP contribution in [0.5, 0.6) is 0 Å². The summed E-state index contributed by atoms with van der Waals surface area (Å²) in [6.45, 7) is 3.15. The highest BCUT2D eigenvalue weighted by atomic mass is 32.1. The van der Waals surface area contributed by atoms with Crippen molar-refractivity contribution in [2.45, 2.75) is 19.8 Å². The van der Waals surface area contributed by atoms with Gasteiger partial charge in [0, 0.05) is 42.2 Å². The Kier molecular flexibility index (Phi) is 4.77. The molecule has 0 bridgehead atoms. The van der Waals surface area contributed by atoms with E-state index in [0.717, 1.165) is 46.5 Å². The maximum atomic E-state index is 11.9. The maximum absolute atomic E-state index is 11.9. The smallest absolute Gasteiger partial charge is 0.219 e. The molecular formula is C22H20N4OS2. The molecular weight excluding hydrogens is 400 g/mol. The summed E-state index contributed by atoms with van der Waals surface area (Å²) in [5, 5.41) is 4.63. The van der Waals surface area contributed by atoms with Crippen LogP contribution < -0.4 is 5.32 Å². The SMILES string of the molecule is CC(=O)N1CCCC=C(c2cc3c(Nc4ccc5scnc5c4)ccnc3s2)C1. The Balaban J connectivity index is 1.49. The molecule has 5 nitrogen and oxygen atoms in total. The van der Waals surface area contributed by atoms with Crippen LogP contribution in [0.4, 0.5) is 11.4 Å². The van der Waals surface area contributed by atoms with Crippen LogP contribution in [0.25, 0.3) is 26.0 Å². The number of amides is 1. The lowest BCUT2D eigenvalue weighted by Gasteiger charge is -2.19. The molecule has 29 heavy (non-hydrogen) atoms. The second kappa shape index (κ2) is 7.57. The Morgan fingerprint density at radius 2 is 2.14 bits per heavy atom. The Labute approximate surface area is 176 Å². The van der Waals surface area contributed by atoms with E-state index in [1.165, 1.54) is 15.2 Å². The lowest BCUT2D eigenvalue weighted by Crippen LogP contribution is -2.30. The molecule has 0 aliphatic carbocycles. The van der Waals surface area contributed by atoms with Gasteiger partial charge in [-0.3, -0.25) is 4.79 Å². The second-order valence-electron chi connectivity index (χ2n) is 7.16. The average Bonchev–Trinajstić information content (AvgIpc) is 3.28. The van der Waals surface area contributed by atoms with Crippen molar-refractivity contribution in [3.8, 4) is 0 Å². The fourth-order valence-corrected chi connectivity index (χ4v) is 5.37. The molecule has 146 valence electrons. The molecule has 1 aliphatic heterocycles. The number of hydrogen-bond acceptors (Lipinski definition) is 6. The number of allylic oxidation sites excluding steroid dienone is 1. The zero-order chi connectivity index (χ0) is 19.8. The zero-order valence-electron chi connectivity index (χ0n) is 16.0. The van der Waals surface area contributed by atoms with Crippen LogP contribution in [0, 0.1) is 0 Å². The lowest BCUT2D eigenvalue weighted by molar-refractivity contribution is -0.128. The molecule has 3 aromatic heterocycles. The van der Waals surface area contributed by atoms with Gasteiger partial charge in [-0.2, -0.15) is 0 Å². The monoisotopic (exact) mass is 420 g/mol. The number of aromatic nitrogens is 2. The van der Waals surface area contributed by atoms with Crippen molar-refractivity contribution >= 4 is 66.0 Å². The predicted octanol–water partition coefficient (Wildman–Crippen LogP) is 5.68. The lowest BCUT2D eigenvalue weighted by atomic mass is 10.1. The first-order valence-corrected chi connectivity index (χ1v) is 11.3. The number of thiophene rings is 1. The van der Waals surface area contributed by atoms with Gasteiger partial charge in [-0.1, -0.05) is 6.08 Å². The molecule has 0 fully saturated rings. The van der Waals surface area contributed by atoms with E-state index in [4.69, 9.17) is 0 Å². The minimum absolute atomic E-state index is 0.136. The number of rotatable bonds is 3. The minimum Gasteiger partial charge on any atom is -0.355 e. The van der Waals surface area contributed by atoms with Gasteiger partial charge in [-0.25, -0.2) is 9.97 Å². The zero-order valence-corrected chi connectivity index (χ0v) is 17.6. The Hall–Kier alpha value is -2.77. The van der Waals surface area contributed by atoms with Crippen molar-refractivity contribution in [3.05, 3.63) is 53.0 Å². The summed E-state index contributed by atoms with van der Waals surface area (Å²) < 4.78 is 1.18. The number of hydrogen-bond donors (Lipinski definition) is 1. The number of carbonyl (C=O) groups excluding carboxylic acids is 1. The highest BCUT2D eigenvalue weighted by Crippen LogP contribution is 2.36. The van der Waals surface area contributed by atoms with Crippen LogP contribution in [-0.2, 0) is 4.79 Å². The quantitative estimate of drug-likeness (QED) is 0.464. The molecule has 4 aromatic rings. The minimum atomic E-state index is 0.136. The molecule has 0 atom stereocenters. The molecule has 0 unspecified atom stereocenters. The average molecular weight is 421 g/mol. The van der Waals surface area contributed by atoms with Crippen LogP contribution >= 0.6 is 22.7 Å². The molecule has 1 amide bonds. The summed E-state index contributed by atoms with van der Waals surface area (Å²) in [5.41, 5.74) is 6.14. The maximum Gasteiger partial charge on any atom is 0.219 e. The first kappa shape index (κ1) is 18.3. The Morgan fingerprint density at radius 1 is 1.21 bits per heavy atom. The largest absolute Gasteiger partial charge is 0.355 e. The van der Waals surface area contributed by atoms with Gasteiger partial charge >= 0.3 is 0 Å². The predicted molar refractivity (Wildman–Crippen MR) is 122 cm³/mol. The molecule has 5 rings (SSSR count). The molecule has 0 saturated heterocycles. The van der Waals surface area contributed by atoms with Crippen LogP contribution in [0.15, 0.2) is 48.1 Å². The summed E-state index contributed by atoms with van der Waals surface area (Å²) in [5.74, 6) is 0.136. The molecule has 0 spiro atoms. The van der Waals surface area contributed by atoms with Crippen molar-refractivity contribution in [2.75, 3.05) is 18.4 Å². The Bertz CT molecular complexity index is 1240. The van der Waals surface area contributed by atoms with Crippen molar-refractivity contribution in [1.82, 2.24) is 14.9 Å². The van der Waals surface area contributed by atoms with E-state index in [1.54, 1.807) is 29.6 Å². The fourth-order valence-electron chi connectivity index (χ4n) is 3.65. The highest BCUT2D eigenvalue weighted by Gasteiger charge is 2.17. The highest BCUT2D eigenvalue weighted by molar-refractivity contribution is 7.19. The summed E-state index contributed by atoms with van der Waals surface area (Å²) in [6, 6.07) is 10.5. The normalized spacial score (nSPS) is 14.8. The van der Waals surface area contributed by atoms with Crippen molar-refractivity contribution < 1.29 is 4.79 Å². The summed E-state index contributed by atoms with van der Waals surface area (Å²) in [7, 11) is 0. The van der Waals surface area contributed by atoms with Gasteiger partial charge in [0.25, 0.3) is 0 Å². The number of nitrogens with zero attached hydrogens (tertiary/aromatic N) is 3. The molecule has 1 aliphatic rings. The van der Waals surface area contributed by atoms with Crippen molar-refractivity contribution in [3.63, 3.8) is 0 Å². The van der Waals surface area contributed by atoms with Gasteiger partial charge in [0.1, 0.15) is 4.83 Å². The van der Waals surface area contributed by atoms with Crippen molar-refractivity contribution in [1.29, 1.82) is 0 Å². The van der Waals surface area contributed by atoms with Crippen LogP contribution in [0.2, 0.25) is 0 Å². The fraction of sp³-hybridized carbons (Fsp3) is 0.227. The van der Waals surface area contributed by atoms with E-state index in [9.17, 15) is 4.79 Å². The molecule has 4 heterocycles. The molecule has 0 radical (unpaired) electrons. The number of pyridine rings is 1. The third-order valence-corrected chi connectivity index (χ3v) is 7.12. The summed E-state index contributed by atoms with van der Waals surface area (Å²) in [6.07, 6.45) is 6.13. The first-order chi connectivity index (χ1) is 14.2. The van der Waals surface area contributed by atoms with Gasteiger partial charge in [0.15, 0.2) is 0 Å². The third-order valence-electron chi connectivity index (χ3n) is 5.19. The summed E-state index contributed by atoms with van der Waals surface area (Å²) in [4.78, 5) is 25.0. The topological polar surface area (TPSA) is 58.1 Å². The van der Waals surface area contributed by atoms with Crippen molar-refractivity contribution in [2.24, 2.45) is 0 Å². The van der Waals surface area contributed by atoms with Gasteiger partial charge in [-0.15, -0.1) is 22.7 Å².